The van der Waals surface area contributed by atoms with Crippen LogP contribution in [0.4, 0.5) is 0 Å². The zero-order valence-corrected chi connectivity index (χ0v) is 9.48. The number of carbonyl (C=O) groups excluding carboxylic acids is 1. The summed E-state index contributed by atoms with van der Waals surface area (Å²) in [6.45, 7) is 2.94. The molecule has 1 unspecified atom stereocenters. The van der Waals surface area contributed by atoms with Gasteiger partial charge in [0.15, 0.2) is 5.82 Å². The molecule has 3 N–H and O–H groups in total. The second-order valence-corrected chi connectivity index (χ2v) is 3.61. The maximum absolute atomic E-state index is 11.6. The molecule has 0 radical (unpaired) electrons. The highest BCUT2D eigenvalue weighted by Crippen LogP contribution is 2.04. The number of rotatable bonds is 7. The van der Waals surface area contributed by atoms with Gasteiger partial charge in [-0.1, -0.05) is 18.5 Å². The van der Waals surface area contributed by atoms with E-state index in [9.17, 15) is 4.79 Å². The third kappa shape index (κ3) is 3.98. The topological polar surface area (TPSA) is 94.0 Å². The average Bonchev–Trinajstić information content (AvgIpc) is 2.78. The van der Waals surface area contributed by atoms with Gasteiger partial charge in [0.25, 0.3) is 0 Å². The summed E-state index contributed by atoms with van der Waals surface area (Å²) in [5.74, 6) is 0.517. The van der Waals surface area contributed by atoms with Gasteiger partial charge in [0.2, 0.25) is 12.3 Å². The van der Waals surface area contributed by atoms with Crippen molar-refractivity contribution < 1.29 is 9.32 Å². The molecule has 1 atom stereocenters. The lowest BCUT2D eigenvalue weighted by atomic mass is 10.0. The molecule has 0 aromatic carbocycles. The fraction of sp³-hybridized carbons (Fsp3) is 0.700. The molecular formula is C10H18N4O2. The zero-order valence-electron chi connectivity index (χ0n) is 9.48. The van der Waals surface area contributed by atoms with Gasteiger partial charge < -0.3 is 15.6 Å². The number of nitrogens with two attached hydrogens (primary N) is 1. The van der Waals surface area contributed by atoms with E-state index in [0.29, 0.717) is 25.3 Å². The summed E-state index contributed by atoms with van der Waals surface area (Å²) in [4.78, 5) is 15.5. The van der Waals surface area contributed by atoms with Crippen LogP contribution in [0.3, 0.4) is 0 Å². The molecule has 1 heterocycles. The Hall–Kier alpha value is -1.43. The average molecular weight is 226 g/mol. The van der Waals surface area contributed by atoms with E-state index in [4.69, 9.17) is 5.73 Å². The number of aromatic nitrogens is 2. The van der Waals surface area contributed by atoms with Gasteiger partial charge in [0, 0.05) is 19.5 Å². The van der Waals surface area contributed by atoms with Crippen molar-refractivity contribution in [1.82, 2.24) is 15.5 Å². The Morgan fingerprint density at radius 1 is 1.69 bits per heavy atom. The molecule has 0 aliphatic rings. The molecule has 1 amide bonds. The van der Waals surface area contributed by atoms with Gasteiger partial charge in [-0.2, -0.15) is 4.98 Å². The minimum Gasteiger partial charge on any atom is -0.355 e. The molecule has 1 rings (SSSR count). The van der Waals surface area contributed by atoms with Crippen LogP contribution in [0.2, 0.25) is 0 Å². The molecule has 1 aromatic heterocycles. The highest BCUT2D eigenvalue weighted by molar-refractivity contribution is 5.78. The smallest absolute Gasteiger partial charge is 0.224 e. The summed E-state index contributed by atoms with van der Waals surface area (Å²) < 4.78 is 4.59. The number of amides is 1. The predicted octanol–water partition coefficient (Wildman–Crippen LogP) is 0.103. The quantitative estimate of drug-likeness (QED) is 0.687. The van der Waals surface area contributed by atoms with Crippen molar-refractivity contribution in [1.29, 1.82) is 0 Å². The molecule has 0 aliphatic carbocycles. The highest BCUT2D eigenvalue weighted by atomic mass is 16.5. The summed E-state index contributed by atoms with van der Waals surface area (Å²) in [5, 5.41) is 6.47. The number of hydrogen-bond donors (Lipinski definition) is 2. The molecule has 0 saturated carbocycles. The first-order valence-corrected chi connectivity index (χ1v) is 5.51. The normalized spacial score (nSPS) is 12.4. The molecule has 0 saturated heterocycles. The first kappa shape index (κ1) is 12.6. The molecular weight excluding hydrogens is 208 g/mol. The monoisotopic (exact) mass is 226 g/mol. The van der Waals surface area contributed by atoms with Crippen molar-refractivity contribution in [3.8, 4) is 0 Å². The van der Waals surface area contributed by atoms with Crippen LogP contribution in [-0.4, -0.2) is 29.1 Å². The van der Waals surface area contributed by atoms with E-state index in [-0.39, 0.29) is 11.8 Å². The molecule has 90 valence electrons. The predicted molar refractivity (Wildman–Crippen MR) is 58.5 cm³/mol. The van der Waals surface area contributed by atoms with Crippen LogP contribution in [0.15, 0.2) is 10.9 Å². The Labute approximate surface area is 94.6 Å². The molecule has 1 aromatic rings. The molecule has 16 heavy (non-hydrogen) atoms. The largest absolute Gasteiger partial charge is 0.355 e. The summed E-state index contributed by atoms with van der Waals surface area (Å²) in [7, 11) is 0. The van der Waals surface area contributed by atoms with Crippen molar-refractivity contribution in [2.75, 3.05) is 13.1 Å². The Morgan fingerprint density at radius 2 is 2.50 bits per heavy atom. The Balaban J connectivity index is 2.23. The van der Waals surface area contributed by atoms with Crippen LogP contribution in [0.5, 0.6) is 0 Å². The van der Waals surface area contributed by atoms with E-state index < -0.39 is 0 Å². The third-order valence-electron chi connectivity index (χ3n) is 2.35. The summed E-state index contributed by atoms with van der Waals surface area (Å²) in [5.41, 5.74) is 5.53. The van der Waals surface area contributed by atoms with Crippen molar-refractivity contribution >= 4 is 5.91 Å². The summed E-state index contributed by atoms with van der Waals surface area (Å²) >= 11 is 0. The lowest BCUT2D eigenvalue weighted by Crippen LogP contribution is -2.36. The van der Waals surface area contributed by atoms with Crippen LogP contribution in [0.1, 0.15) is 25.6 Å². The van der Waals surface area contributed by atoms with Crippen molar-refractivity contribution in [2.45, 2.75) is 26.2 Å². The molecule has 0 fully saturated rings. The molecule has 0 spiro atoms. The lowest BCUT2D eigenvalue weighted by molar-refractivity contribution is -0.124. The van der Waals surface area contributed by atoms with E-state index in [2.05, 4.69) is 20.0 Å². The van der Waals surface area contributed by atoms with Crippen LogP contribution in [0, 0.1) is 5.92 Å². The highest BCUT2D eigenvalue weighted by Gasteiger charge is 2.14. The Bertz CT molecular complexity index is 300. The second kappa shape index (κ2) is 6.95. The summed E-state index contributed by atoms with van der Waals surface area (Å²) in [6, 6.07) is 0. The SMILES string of the molecule is CCCC(CN)C(=O)NCCc1ncon1. The number of carbonyl (C=O) groups is 1. The Morgan fingerprint density at radius 3 is 3.06 bits per heavy atom. The maximum Gasteiger partial charge on any atom is 0.224 e. The minimum atomic E-state index is -0.0877. The fourth-order valence-electron chi connectivity index (χ4n) is 1.45. The standard InChI is InChI=1S/C10H18N4O2/c1-2-3-8(6-11)10(15)12-5-4-9-13-7-16-14-9/h7-8H,2-6,11H2,1H3,(H,12,15). The van der Waals surface area contributed by atoms with Crippen molar-refractivity contribution in [3.63, 3.8) is 0 Å². The molecule has 0 bridgehead atoms. The van der Waals surface area contributed by atoms with Gasteiger partial charge in [-0.05, 0) is 6.42 Å². The van der Waals surface area contributed by atoms with Gasteiger partial charge in [-0.25, -0.2) is 0 Å². The molecule has 6 nitrogen and oxygen atoms in total. The maximum atomic E-state index is 11.6. The second-order valence-electron chi connectivity index (χ2n) is 3.61. The number of hydrogen-bond acceptors (Lipinski definition) is 5. The number of nitrogens with zero attached hydrogens (tertiary/aromatic N) is 2. The van der Waals surface area contributed by atoms with Crippen molar-refractivity contribution in [3.05, 3.63) is 12.2 Å². The van der Waals surface area contributed by atoms with E-state index in [1.165, 1.54) is 6.39 Å². The van der Waals surface area contributed by atoms with Gasteiger partial charge in [-0.15, -0.1) is 0 Å². The lowest BCUT2D eigenvalue weighted by Gasteiger charge is -2.13. The number of nitrogens with one attached hydrogen (secondary N) is 1. The fourth-order valence-corrected chi connectivity index (χ4v) is 1.45. The van der Waals surface area contributed by atoms with Crippen LogP contribution < -0.4 is 11.1 Å². The molecule has 6 heteroatoms. The zero-order chi connectivity index (χ0) is 11.8. The van der Waals surface area contributed by atoms with E-state index in [0.717, 1.165) is 12.8 Å². The third-order valence-corrected chi connectivity index (χ3v) is 2.35. The minimum absolute atomic E-state index is 0.00726. The van der Waals surface area contributed by atoms with E-state index in [1.807, 2.05) is 6.92 Å². The van der Waals surface area contributed by atoms with E-state index >= 15 is 0 Å². The van der Waals surface area contributed by atoms with Crippen LogP contribution in [0.25, 0.3) is 0 Å². The van der Waals surface area contributed by atoms with Gasteiger partial charge in [0.1, 0.15) is 0 Å². The van der Waals surface area contributed by atoms with Crippen LogP contribution >= 0.6 is 0 Å². The first-order chi connectivity index (χ1) is 7.77. The Kier molecular flexibility index (Phi) is 5.49. The van der Waals surface area contributed by atoms with Crippen molar-refractivity contribution in [2.24, 2.45) is 11.7 Å². The van der Waals surface area contributed by atoms with Gasteiger partial charge in [-0.3, -0.25) is 4.79 Å². The summed E-state index contributed by atoms with van der Waals surface area (Å²) in [6.07, 6.45) is 3.63. The van der Waals surface area contributed by atoms with Gasteiger partial charge in [0.05, 0.1) is 5.92 Å². The first-order valence-electron chi connectivity index (χ1n) is 5.51. The van der Waals surface area contributed by atoms with Gasteiger partial charge >= 0.3 is 0 Å². The van der Waals surface area contributed by atoms with E-state index in [1.54, 1.807) is 0 Å². The van der Waals surface area contributed by atoms with Crippen LogP contribution in [-0.2, 0) is 11.2 Å². The molecule has 0 aliphatic heterocycles.